The van der Waals surface area contributed by atoms with Crippen molar-refractivity contribution in [1.29, 1.82) is 0 Å². The molecule has 82 valence electrons. The first-order valence-electron chi connectivity index (χ1n) is 5.16. The molecule has 0 aliphatic heterocycles. The molecule has 1 unspecified atom stereocenters. The summed E-state index contributed by atoms with van der Waals surface area (Å²) in [5, 5.41) is 0. The van der Waals surface area contributed by atoms with E-state index in [0.29, 0.717) is 23.6 Å². The van der Waals surface area contributed by atoms with Crippen molar-refractivity contribution in [2.75, 3.05) is 5.73 Å². The predicted octanol–water partition coefficient (Wildman–Crippen LogP) is 1.82. The SMILES string of the molecule is CC(C)CC(N)C(=O)c1ccc(N)cc1. The van der Waals surface area contributed by atoms with E-state index in [2.05, 4.69) is 13.8 Å². The lowest BCUT2D eigenvalue weighted by atomic mass is 9.97. The number of ketones is 1. The smallest absolute Gasteiger partial charge is 0.179 e. The minimum atomic E-state index is -0.409. The molecule has 0 aromatic heterocycles. The number of hydrogen-bond acceptors (Lipinski definition) is 3. The molecule has 15 heavy (non-hydrogen) atoms. The third-order valence-corrected chi connectivity index (χ3v) is 2.26. The zero-order valence-electron chi connectivity index (χ0n) is 9.23. The zero-order chi connectivity index (χ0) is 11.4. The van der Waals surface area contributed by atoms with Crippen LogP contribution in [0.25, 0.3) is 0 Å². The lowest BCUT2D eigenvalue weighted by Gasteiger charge is -2.12. The van der Waals surface area contributed by atoms with Gasteiger partial charge in [0.2, 0.25) is 0 Å². The van der Waals surface area contributed by atoms with Crippen LogP contribution in [0.4, 0.5) is 5.69 Å². The minimum absolute atomic E-state index is 0.0105. The molecule has 4 N–H and O–H groups in total. The number of nitrogens with two attached hydrogens (primary N) is 2. The molecule has 0 radical (unpaired) electrons. The summed E-state index contributed by atoms with van der Waals surface area (Å²) in [6.45, 7) is 4.10. The third-order valence-electron chi connectivity index (χ3n) is 2.26. The Bertz CT molecular complexity index is 330. The van der Waals surface area contributed by atoms with Crippen LogP contribution < -0.4 is 11.5 Å². The van der Waals surface area contributed by atoms with Gasteiger partial charge in [-0.15, -0.1) is 0 Å². The van der Waals surface area contributed by atoms with Gasteiger partial charge in [0.05, 0.1) is 6.04 Å². The molecule has 1 aromatic rings. The minimum Gasteiger partial charge on any atom is -0.399 e. The Labute approximate surface area is 90.5 Å². The second-order valence-electron chi connectivity index (χ2n) is 4.22. The van der Waals surface area contributed by atoms with Crippen LogP contribution in [0, 0.1) is 5.92 Å². The number of nitrogen functional groups attached to an aromatic ring is 1. The van der Waals surface area contributed by atoms with Crippen molar-refractivity contribution >= 4 is 11.5 Å². The molecule has 0 aliphatic carbocycles. The Kier molecular flexibility index (Phi) is 3.86. The summed E-state index contributed by atoms with van der Waals surface area (Å²) in [6.07, 6.45) is 0.712. The van der Waals surface area contributed by atoms with E-state index in [0.717, 1.165) is 0 Å². The van der Waals surface area contributed by atoms with E-state index in [1.165, 1.54) is 0 Å². The summed E-state index contributed by atoms with van der Waals surface area (Å²) < 4.78 is 0. The Morgan fingerprint density at radius 1 is 1.27 bits per heavy atom. The van der Waals surface area contributed by atoms with Gasteiger partial charge >= 0.3 is 0 Å². The van der Waals surface area contributed by atoms with E-state index in [1.54, 1.807) is 24.3 Å². The van der Waals surface area contributed by atoms with E-state index in [9.17, 15) is 4.79 Å². The van der Waals surface area contributed by atoms with Gasteiger partial charge in [-0.3, -0.25) is 4.79 Å². The first kappa shape index (κ1) is 11.7. The largest absolute Gasteiger partial charge is 0.399 e. The Morgan fingerprint density at radius 3 is 2.27 bits per heavy atom. The highest BCUT2D eigenvalue weighted by Gasteiger charge is 2.16. The van der Waals surface area contributed by atoms with Gasteiger partial charge in [0, 0.05) is 11.3 Å². The van der Waals surface area contributed by atoms with Crippen molar-refractivity contribution in [3.8, 4) is 0 Å². The van der Waals surface area contributed by atoms with Crippen LogP contribution >= 0.6 is 0 Å². The molecule has 3 heteroatoms. The first-order chi connectivity index (χ1) is 7.00. The molecule has 1 atom stereocenters. The fraction of sp³-hybridized carbons (Fsp3) is 0.417. The highest BCUT2D eigenvalue weighted by molar-refractivity contribution is 6.00. The van der Waals surface area contributed by atoms with Crippen LogP contribution in [0.15, 0.2) is 24.3 Å². The molecule has 0 amide bonds. The standard InChI is InChI=1S/C12H18N2O/c1-8(2)7-11(14)12(15)9-3-5-10(13)6-4-9/h3-6,8,11H,7,13-14H2,1-2H3. The van der Waals surface area contributed by atoms with Crippen LogP contribution in [0.1, 0.15) is 30.6 Å². The topological polar surface area (TPSA) is 69.1 Å². The number of hydrogen-bond donors (Lipinski definition) is 2. The Morgan fingerprint density at radius 2 is 1.80 bits per heavy atom. The molecule has 0 aliphatic rings. The zero-order valence-corrected chi connectivity index (χ0v) is 9.23. The maximum absolute atomic E-state index is 11.8. The quantitative estimate of drug-likeness (QED) is 0.583. The van der Waals surface area contributed by atoms with Gasteiger partial charge in [0.1, 0.15) is 0 Å². The first-order valence-corrected chi connectivity index (χ1v) is 5.16. The maximum Gasteiger partial charge on any atom is 0.179 e. The molecule has 0 bridgehead atoms. The van der Waals surface area contributed by atoms with Crippen molar-refractivity contribution in [3.05, 3.63) is 29.8 Å². The van der Waals surface area contributed by atoms with Crippen molar-refractivity contribution in [1.82, 2.24) is 0 Å². The average Bonchev–Trinajstić information content (AvgIpc) is 2.17. The van der Waals surface area contributed by atoms with Gasteiger partial charge in [0.15, 0.2) is 5.78 Å². The van der Waals surface area contributed by atoms with Gasteiger partial charge in [0.25, 0.3) is 0 Å². The lowest BCUT2D eigenvalue weighted by molar-refractivity contribution is 0.0951. The van der Waals surface area contributed by atoms with Crippen molar-refractivity contribution in [3.63, 3.8) is 0 Å². The Balaban J connectivity index is 2.72. The average molecular weight is 206 g/mol. The summed E-state index contributed by atoms with van der Waals surface area (Å²) >= 11 is 0. The molecular formula is C12H18N2O. The molecule has 0 fully saturated rings. The number of benzene rings is 1. The van der Waals surface area contributed by atoms with Crippen LogP contribution in [-0.4, -0.2) is 11.8 Å². The predicted molar refractivity (Wildman–Crippen MR) is 62.6 cm³/mol. The fourth-order valence-corrected chi connectivity index (χ4v) is 1.48. The van der Waals surface area contributed by atoms with Crippen LogP contribution in [-0.2, 0) is 0 Å². The van der Waals surface area contributed by atoms with Gasteiger partial charge < -0.3 is 11.5 Å². The van der Waals surface area contributed by atoms with E-state index >= 15 is 0 Å². The van der Waals surface area contributed by atoms with Gasteiger partial charge in [-0.05, 0) is 36.6 Å². The summed E-state index contributed by atoms with van der Waals surface area (Å²) in [6, 6.07) is 6.47. The highest BCUT2D eigenvalue weighted by atomic mass is 16.1. The van der Waals surface area contributed by atoms with Crippen molar-refractivity contribution in [2.45, 2.75) is 26.3 Å². The second-order valence-corrected chi connectivity index (χ2v) is 4.22. The molecule has 3 nitrogen and oxygen atoms in total. The molecule has 1 aromatic carbocycles. The summed E-state index contributed by atoms with van der Waals surface area (Å²) in [4.78, 5) is 11.8. The monoisotopic (exact) mass is 206 g/mol. The lowest BCUT2D eigenvalue weighted by Crippen LogP contribution is -2.31. The number of carbonyl (C=O) groups is 1. The molecule has 0 heterocycles. The number of rotatable bonds is 4. The summed E-state index contributed by atoms with van der Waals surface area (Å²) in [5.41, 5.74) is 12.6. The normalized spacial score (nSPS) is 12.8. The van der Waals surface area contributed by atoms with Gasteiger partial charge in [-0.25, -0.2) is 0 Å². The van der Waals surface area contributed by atoms with E-state index in [1.807, 2.05) is 0 Å². The van der Waals surface area contributed by atoms with Crippen LogP contribution in [0.3, 0.4) is 0 Å². The van der Waals surface area contributed by atoms with Crippen molar-refractivity contribution in [2.24, 2.45) is 11.7 Å². The number of anilines is 1. The molecular weight excluding hydrogens is 188 g/mol. The maximum atomic E-state index is 11.8. The van der Waals surface area contributed by atoms with Gasteiger partial charge in [-0.1, -0.05) is 13.8 Å². The highest BCUT2D eigenvalue weighted by Crippen LogP contribution is 2.11. The molecule has 0 saturated heterocycles. The third kappa shape index (κ3) is 3.36. The fourth-order valence-electron chi connectivity index (χ4n) is 1.48. The number of carbonyl (C=O) groups excluding carboxylic acids is 1. The van der Waals surface area contributed by atoms with E-state index in [4.69, 9.17) is 11.5 Å². The molecule has 0 spiro atoms. The second kappa shape index (κ2) is 4.94. The Hall–Kier alpha value is -1.35. The van der Waals surface area contributed by atoms with E-state index < -0.39 is 6.04 Å². The van der Waals surface area contributed by atoms with Crippen LogP contribution in [0.5, 0.6) is 0 Å². The van der Waals surface area contributed by atoms with Crippen molar-refractivity contribution < 1.29 is 4.79 Å². The van der Waals surface area contributed by atoms with Gasteiger partial charge in [-0.2, -0.15) is 0 Å². The molecule has 0 saturated carbocycles. The summed E-state index contributed by atoms with van der Waals surface area (Å²) in [5.74, 6) is 0.418. The molecule has 1 rings (SSSR count). The summed E-state index contributed by atoms with van der Waals surface area (Å²) in [7, 11) is 0. The number of Topliss-reactive ketones (excluding diaryl/α,β-unsaturated/α-hetero) is 1. The van der Waals surface area contributed by atoms with E-state index in [-0.39, 0.29) is 5.78 Å². The van der Waals surface area contributed by atoms with Crippen LogP contribution in [0.2, 0.25) is 0 Å².